The van der Waals surface area contributed by atoms with Crippen molar-refractivity contribution in [3.63, 3.8) is 0 Å². The minimum Gasteiger partial charge on any atom is -0.497 e. The molecule has 1 N–H and O–H groups in total. The zero-order valence-corrected chi connectivity index (χ0v) is 19.7. The van der Waals surface area contributed by atoms with Crippen LogP contribution in [-0.4, -0.2) is 40.7 Å². The summed E-state index contributed by atoms with van der Waals surface area (Å²) < 4.78 is 7.11. The highest BCUT2D eigenvalue weighted by molar-refractivity contribution is 6.30. The van der Waals surface area contributed by atoms with Crippen molar-refractivity contribution < 1.29 is 9.53 Å². The van der Waals surface area contributed by atoms with Gasteiger partial charge in [-0.1, -0.05) is 35.9 Å². The molecule has 174 valence electrons. The number of hydrogen-bond donors (Lipinski definition) is 1. The predicted octanol–water partition coefficient (Wildman–Crippen LogP) is 4.59. The molecule has 0 spiro atoms. The second kappa shape index (κ2) is 9.73. The molecule has 3 heterocycles. The van der Waals surface area contributed by atoms with Crippen molar-refractivity contribution in [2.24, 2.45) is 5.92 Å². The Hall–Kier alpha value is -3.58. The van der Waals surface area contributed by atoms with Gasteiger partial charge >= 0.3 is 0 Å². The zero-order chi connectivity index (χ0) is 23.5. The highest BCUT2D eigenvalue weighted by Crippen LogP contribution is 2.29. The molecule has 0 saturated carbocycles. The van der Waals surface area contributed by atoms with E-state index in [2.05, 4.69) is 15.2 Å². The SMILES string of the molecule is COc1cccc(CNC(=O)[C@@H]2CCCN(c3nccn4nc(-c5cccc(Cl)c5)cc34)C2)c1. The Kier molecular flexibility index (Phi) is 6.36. The van der Waals surface area contributed by atoms with Gasteiger partial charge in [0, 0.05) is 42.6 Å². The Morgan fingerprint density at radius 2 is 2.09 bits per heavy atom. The lowest BCUT2D eigenvalue weighted by atomic mass is 9.97. The zero-order valence-electron chi connectivity index (χ0n) is 18.9. The number of ether oxygens (including phenoxy) is 1. The van der Waals surface area contributed by atoms with Crippen LogP contribution in [0.5, 0.6) is 5.75 Å². The Balaban J connectivity index is 1.32. The standard InChI is InChI=1S/C26H26ClN5O2/c1-34-22-9-2-5-18(13-22)16-29-26(33)20-7-4-11-31(17-20)25-24-15-23(30-32(24)12-10-28-25)19-6-3-8-21(27)14-19/h2-3,5-6,8-10,12-15,20H,4,7,11,16-17H2,1H3,(H,29,33)/t20-/m1/s1. The van der Waals surface area contributed by atoms with Gasteiger partial charge in [0.1, 0.15) is 11.3 Å². The number of nitrogens with zero attached hydrogens (tertiary/aromatic N) is 4. The van der Waals surface area contributed by atoms with Crippen molar-refractivity contribution in [1.82, 2.24) is 19.9 Å². The van der Waals surface area contributed by atoms with Gasteiger partial charge < -0.3 is 15.0 Å². The third-order valence-electron chi connectivity index (χ3n) is 6.18. The molecule has 5 rings (SSSR count). The number of anilines is 1. The maximum Gasteiger partial charge on any atom is 0.225 e. The van der Waals surface area contributed by atoms with Crippen LogP contribution in [0.3, 0.4) is 0 Å². The lowest BCUT2D eigenvalue weighted by Crippen LogP contribution is -2.43. The van der Waals surface area contributed by atoms with E-state index >= 15 is 0 Å². The van der Waals surface area contributed by atoms with Gasteiger partial charge in [-0.3, -0.25) is 4.79 Å². The van der Waals surface area contributed by atoms with E-state index in [9.17, 15) is 4.79 Å². The number of rotatable bonds is 6. The first-order valence-corrected chi connectivity index (χ1v) is 11.7. The van der Waals surface area contributed by atoms with Crippen LogP contribution in [0.25, 0.3) is 16.8 Å². The fraction of sp³-hybridized carbons (Fsp3) is 0.269. The van der Waals surface area contributed by atoms with E-state index in [1.165, 1.54) is 0 Å². The van der Waals surface area contributed by atoms with Crippen LogP contribution in [-0.2, 0) is 11.3 Å². The summed E-state index contributed by atoms with van der Waals surface area (Å²) in [5.74, 6) is 1.59. The highest BCUT2D eigenvalue weighted by atomic mass is 35.5. The third-order valence-corrected chi connectivity index (χ3v) is 6.42. The molecule has 1 amide bonds. The lowest BCUT2D eigenvalue weighted by molar-refractivity contribution is -0.125. The minimum atomic E-state index is -0.100. The number of piperidine rings is 1. The van der Waals surface area contributed by atoms with Gasteiger partial charge in [-0.2, -0.15) is 5.10 Å². The monoisotopic (exact) mass is 475 g/mol. The summed E-state index contributed by atoms with van der Waals surface area (Å²) in [5, 5.41) is 8.47. The van der Waals surface area contributed by atoms with E-state index in [-0.39, 0.29) is 11.8 Å². The number of fused-ring (bicyclic) bond motifs is 1. The van der Waals surface area contributed by atoms with Gasteiger partial charge in [-0.15, -0.1) is 0 Å². The van der Waals surface area contributed by atoms with E-state index in [1.807, 2.05) is 65.3 Å². The van der Waals surface area contributed by atoms with E-state index < -0.39 is 0 Å². The fourth-order valence-corrected chi connectivity index (χ4v) is 4.63. The number of nitrogens with one attached hydrogen (secondary N) is 1. The van der Waals surface area contributed by atoms with E-state index in [0.29, 0.717) is 18.1 Å². The summed E-state index contributed by atoms with van der Waals surface area (Å²) >= 11 is 6.17. The van der Waals surface area contributed by atoms with Gasteiger partial charge in [0.2, 0.25) is 5.91 Å². The van der Waals surface area contributed by atoms with E-state index in [1.54, 1.807) is 13.3 Å². The molecule has 1 saturated heterocycles. The molecule has 1 fully saturated rings. The van der Waals surface area contributed by atoms with Crippen LogP contribution in [0.15, 0.2) is 67.0 Å². The number of aromatic nitrogens is 3. The van der Waals surface area contributed by atoms with Crippen molar-refractivity contribution in [1.29, 1.82) is 0 Å². The van der Waals surface area contributed by atoms with Crippen LogP contribution >= 0.6 is 11.6 Å². The van der Waals surface area contributed by atoms with Crippen molar-refractivity contribution in [3.05, 3.63) is 77.6 Å². The second-order valence-corrected chi connectivity index (χ2v) is 8.91. The molecular weight excluding hydrogens is 450 g/mol. The minimum absolute atomic E-state index is 0.0626. The van der Waals surface area contributed by atoms with Crippen LogP contribution in [0.2, 0.25) is 5.02 Å². The van der Waals surface area contributed by atoms with Gasteiger partial charge in [0.05, 0.1) is 18.7 Å². The van der Waals surface area contributed by atoms with Crippen LogP contribution in [0, 0.1) is 5.92 Å². The normalized spacial score (nSPS) is 15.9. The average molecular weight is 476 g/mol. The van der Waals surface area contributed by atoms with Gasteiger partial charge in [0.25, 0.3) is 0 Å². The first kappa shape index (κ1) is 22.2. The molecule has 2 aromatic heterocycles. The molecule has 2 aromatic carbocycles. The van der Waals surface area contributed by atoms with E-state index in [4.69, 9.17) is 21.4 Å². The Morgan fingerprint density at radius 1 is 1.21 bits per heavy atom. The second-order valence-electron chi connectivity index (χ2n) is 8.48. The summed E-state index contributed by atoms with van der Waals surface area (Å²) in [6, 6.07) is 17.4. The summed E-state index contributed by atoms with van der Waals surface area (Å²) in [4.78, 5) is 19.8. The summed E-state index contributed by atoms with van der Waals surface area (Å²) in [7, 11) is 1.64. The topological polar surface area (TPSA) is 71.8 Å². The quantitative estimate of drug-likeness (QED) is 0.441. The summed E-state index contributed by atoms with van der Waals surface area (Å²) in [6.07, 6.45) is 5.38. The molecule has 34 heavy (non-hydrogen) atoms. The van der Waals surface area contributed by atoms with Crippen LogP contribution in [0.4, 0.5) is 5.82 Å². The molecule has 1 atom stereocenters. The molecule has 1 aliphatic heterocycles. The number of carbonyl (C=O) groups excluding carboxylic acids is 1. The maximum atomic E-state index is 13.0. The van der Waals surface area contributed by atoms with Crippen LogP contribution in [0.1, 0.15) is 18.4 Å². The van der Waals surface area contributed by atoms with Crippen LogP contribution < -0.4 is 15.0 Å². The number of halogens is 1. The first-order valence-electron chi connectivity index (χ1n) is 11.4. The molecule has 4 aromatic rings. The number of benzene rings is 2. The number of carbonyl (C=O) groups is 1. The van der Waals surface area contributed by atoms with E-state index in [0.717, 1.165) is 53.3 Å². The highest BCUT2D eigenvalue weighted by Gasteiger charge is 2.27. The number of hydrogen-bond acceptors (Lipinski definition) is 5. The molecule has 1 aliphatic rings. The average Bonchev–Trinajstić information content (AvgIpc) is 3.32. The van der Waals surface area contributed by atoms with Gasteiger partial charge in [-0.25, -0.2) is 9.50 Å². The molecule has 0 aliphatic carbocycles. The molecule has 0 bridgehead atoms. The predicted molar refractivity (Wildman–Crippen MR) is 133 cm³/mol. The molecule has 0 radical (unpaired) electrons. The summed E-state index contributed by atoms with van der Waals surface area (Å²) in [5.41, 5.74) is 3.71. The smallest absolute Gasteiger partial charge is 0.225 e. The molecule has 0 unspecified atom stereocenters. The third kappa shape index (κ3) is 4.70. The van der Waals surface area contributed by atoms with Crippen molar-refractivity contribution in [3.8, 4) is 17.0 Å². The van der Waals surface area contributed by atoms with Gasteiger partial charge in [0.15, 0.2) is 5.82 Å². The Morgan fingerprint density at radius 3 is 2.94 bits per heavy atom. The van der Waals surface area contributed by atoms with Gasteiger partial charge in [-0.05, 0) is 48.7 Å². The van der Waals surface area contributed by atoms with Crippen molar-refractivity contribution >= 4 is 28.8 Å². The fourth-order valence-electron chi connectivity index (χ4n) is 4.44. The maximum absolute atomic E-state index is 13.0. The Bertz CT molecular complexity index is 1320. The number of methoxy groups -OCH3 is 1. The lowest BCUT2D eigenvalue weighted by Gasteiger charge is -2.33. The molecular formula is C26H26ClN5O2. The van der Waals surface area contributed by atoms with Crippen molar-refractivity contribution in [2.45, 2.75) is 19.4 Å². The number of amides is 1. The molecule has 8 heteroatoms. The summed E-state index contributed by atoms with van der Waals surface area (Å²) in [6.45, 7) is 1.95. The first-order chi connectivity index (χ1) is 16.6. The van der Waals surface area contributed by atoms with Crippen molar-refractivity contribution in [2.75, 3.05) is 25.1 Å². The largest absolute Gasteiger partial charge is 0.497 e. The Labute approximate surface area is 203 Å². The molecule has 7 nitrogen and oxygen atoms in total.